The summed E-state index contributed by atoms with van der Waals surface area (Å²) < 4.78 is 18.3. The predicted octanol–water partition coefficient (Wildman–Crippen LogP) is 2.86. The first-order chi connectivity index (χ1) is 12.1. The van der Waals surface area contributed by atoms with Crippen molar-refractivity contribution in [3.05, 3.63) is 36.0 Å². The lowest BCUT2D eigenvalue weighted by Crippen LogP contribution is -2.35. The molecule has 25 heavy (non-hydrogen) atoms. The monoisotopic (exact) mass is 343 g/mol. The Morgan fingerprint density at radius 2 is 1.84 bits per heavy atom. The van der Waals surface area contributed by atoms with Crippen molar-refractivity contribution in [2.75, 3.05) is 20.3 Å². The van der Waals surface area contributed by atoms with Gasteiger partial charge in [-0.1, -0.05) is 18.2 Å². The maximum atomic E-state index is 12.4. The van der Waals surface area contributed by atoms with E-state index in [1.54, 1.807) is 6.20 Å². The van der Waals surface area contributed by atoms with Crippen LogP contribution in [0.15, 0.2) is 30.5 Å². The molecule has 1 saturated heterocycles. The second-order valence-corrected chi connectivity index (χ2v) is 6.63. The first kappa shape index (κ1) is 16.3. The molecule has 1 aromatic heterocycles. The minimum atomic E-state index is -0.835. The Balaban J connectivity index is 1.66. The number of fused-ring (bicyclic) bond motifs is 1. The Morgan fingerprint density at radius 1 is 1.16 bits per heavy atom. The number of nitrogens with zero attached hydrogens (tertiary/aromatic N) is 1. The summed E-state index contributed by atoms with van der Waals surface area (Å²) >= 11 is 0. The summed E-state index contributed by atoms with van der Waals surface area (Å²) in [5.41, 5.74) is 1.36. The van der Waals surface area contributed by atoms with Crippen LogP contribution >= 0.6 is 0 Å². The summed E-state index contributed by atoms with van der Waals surface area (Å²) in [5.74, 6) is -1.85. The molecule has 1 saturated carbocycles. The van der Waals surface area contributed by atoms with Crippen molar-refractivity contribution in [1.82, 2.24) is 4.57 Å². The minimum Gasteiger partial charge on any atom is -0.463 e. The van der Waals surface area contributed by atoms with Crippen LogP contribution in [0.2, 0.25) is 0 Å². The van der Waals surface area contributed by atoms with Gasteiger partial charge in [-0.2, -0.15) is 0 Å². The fourth-order valence-electron chi connectivity index (χ4n) is 4.00. The van der Waals surface area contributed by atoms with Crippen LogP contribution in [0.1, 0.15) is 42.1 Å². The van der Waals surface area contributed by atoms with Crippen LogP contribution in [0.5, 0.6) is 0 Å². The number of esters is 1. The Labute approximate surface area is 145 Å². The molecule has 6 heteroatoms. The summed E-state index contributed by atoms with van der Waals surface area (Å²) in [7, 11) is 1.22. The average Bonchev–Trinajstić information content (AvgIpc) is 3.26. The first-order valence-electron chi connectivity index (χ1n) is 8.64. The van der Waals surface area contributed by atoms with E-state index in [9.17, 15) is 9.59 Å². The van der Waals surface area contributed by atoms with Gasteiger partial charge >= 0.3 is 5.97 Å². The second kappa shape index (κ2) is 6.28. The lowest BCUT2D eigenvalue weighted by Gasteiger charge is -2.36. The number of carbonyl (C=O) groups is 2. The normalized spacial score (nSPS) is 20.2. The molecule has 2 aliphatic rings. The number of rotatable bonds is 3. The third kappa shape index (κ3) is 2.75. The molecule has 0 N–H and O–H groups in total. The lowest BCUT2D eigenvalue weighted by atomic mass is 9.90. The molecule has 132 valence electrons. The Morgan fingerprint density at radius 3 is 2.52 bits per heavy atom. The van der Waals surface area contributed by atoms with Crippen LogP contribution in [-0.4, -0.2) is 42.4 Å². The molecule has 0 bridgehead atoms. The summed E-state index contributed by atoms with van der Waals surface area (Å²) in [6.45, 7) is 1.32. The zero-order chi connectivity index (χ0) is 17.4. The second-order valence-electron chi connectivity index (χ2n) is 6.63. The van der Waals surface area contributed by atoms with Crippen molar-refractivity contribution in [3.8, 4) is 0 Å². The van der Waals surface area contributed by atoms with E-state index in [1.807, 2.05) is 24.3 Å². The van der Waals surface area contributed by atoms with Crippen LogP contribution in [0.4, 0.5) is 0 Å². The van der Waals surface area contributed by atoms with Crippen LogP contribution in [0, 0.1) is 0 Å². The molecule has 4 rings (SSSR count). The molecule has 2 heterocycles. The highest BCUT2D eigenvalue weighted by atomic mass is 16.7. The topological polar surface area (TPSA) is 66.8 Å². The average molecular weight is 343 g/mol. The van der Waals surface area contributed by atoms with Crippen molar-refractivity contribution >= 4 is 22.7 Å². The van der Waals surface area contributed by atoms with Crippen molar-refractivity contribution < 1.29 is 23.8 Å². The van der Waals surface area contributed by atoms with Gasteiger partial charge in [0.15, 0.2) is 5.79 Å². The number of methoxy groups -OCH3 is 1. The van der Waals surface area contributed by atoms with Gasteiger partial charge in [0.05, 0.1) is 25.9 Å². The van der Waals surface area contributed by atoms with Gasteiger partial charge in [-0.3, -0.25) is 4.79 Å². The van der Waals surface area contributed by atoms with Crippen LogP contribution < -0.4 is 0 Å². The molecule has 2 aromatic rings. The summed E-state index contributed by atoms with van der Waals surface area (Å²) in [6, 6.07) is 7.92. The van der Waals surface area contributed by atoms with Crippen LogP contribution in [0.3, 0.4) is 0 Å². The Kier molecular flexibility index (Phi) is 4.09. The van der Waals surface area contributed by atoms with Crippen molar-refractivity contribution in [1.29, 1.82) is 0 Å². The zero-order valence-corrected chi connectivity index (χ0v) is 14.2. The maximum absolute atomic E-state index is 12.4. The van der Waals surface area contributed by atoms with Crippen LogP contribution in [-0.2, 0) is 19.0 Å². The molecule has 1 aliphatic heterocycles. The molecular formula is C19H21NO5. The number of para-hydroxylation sites is 1. The number of benzene rings is 1. The van der Waals surface area contributed by atoms with E-state index >= 15 is 0 Å². The highest BCUT2D eigenvalue weighted by Gasteiger charge is 2.41. The van der Waals surface area contributed by atoms with Crippen LogP contribution in [0.25, 0.3) is 10.9 Å². The Bertz CT molecular complexity index is 808. The Hall–Kier alpha value is -2.18. The minimum absolute atomic E-state index is 0.252. The quantitative estimate of drug-likeness (QED) is 0.487. The van der Waals surface area contributed by atoms with E-state index in [0.29, 0.717) is 18.8 Å². The smallest absolute Gasteiger partial charge is 0.379 e. The molecular weight excluding hydrogens is 322 g/mol. The number of carbonyl (C=O) groups excluding carboxylic acids is 2. The highest BCUT2D eigenvalue weighted by Crippen LogP contribution is 2.41. The maximum Gasteiger partial charge on any atom is 0.379 e. The molecule has 0 radical (unpaired) electrons. The molecule has 1 spiro atoms. The number of aromatic nitrogens is 1. The van der Waals surface area contributed by atoms with Gasteiger partial charge in [-0.05, 0) is 18.9 Å². The van der Waals surface area contributed by atoms with Gasteiger partial charge in [0, 0.05) is 36.0 Å². The van der Waals surface area contributed by atoms with Gasteiger partial charge in [-0.15, -0.1) is 0 Å². The van der Waals surface area contributed by atoms with Gasteiger partial charge in [-0.25, -0.2) is 4.79 Å². The molecule has 2 fully saturated rings. The van der Waals surface area contributed by atoms with E-state index in [4.69, 9.17) is 9.47 Å². The summed E-state index contributed by atoms with van der Waals surface area (Å²) in [5, 5.41) is 0.784. The zero-order valence-electron chi connectivity index (χ0n) is 14.2. The van der Waals surface area contributed by atoms with Crippen molar-refractivity contribution in [3.63, 3.8) is 0 Å². The molecule has 6 nitrogen and oxygen atoms in total. The van der Waals surface area contributed by atoms with Gasteiger partial charge in [0.1, 0.15) is 0 Å². The molecule has 1 aliphatic carbocycles. The highest BCUT2D eigenvalue weighted by molar-refractivity contribution is 6.43. The van der Waals surface area contributed by atoms with E-state index in [2.05, 4.69) is 9.30 Å². The fourth-order valence-corrected chi connectivity index (χ4v) is 4.00. The molecule has 0 atom stereocenters. The third-order valence-electron chi connectivity index (χ3n) is 5.28. The lowest BCUT2D eigenvalue weighted by molar-refractivity contribution is -0.181. The van der Waals surface area contributed by atoms with Crippen molar-refractivity contribution in [2.24, 2.45) is 0 Å². The largest absolute Gasteiger partial charge is 0.463 e. The van der Waals surface area contributed by atoms with E-state index in [-0.39, 0.29) is 6.04 Å². The molecule has 0 unspecified atom stereocenters. The van der Waals surface area contributed by atoms with E-state index in [1.165, 1.54) is 7.11 Å². The van der Waals surface area contributed by atoms with E-state index < -0.39 is 17.5 Å². The first-order valence-corrected chi connectivity index (χ1v) is 8.64. The van der Waals surface area contributed by atoms with Crippen molar-refractivity contribution in [2.45, 2.75) is 37.5 Å². The number of hydrogen-bond acceptors (Lipinski definition) is 5. The fraction of sp³-hybridized carbons (Fsp3) is 0.474. The van der Waals surface area contributed by atoms with E-state index in [0.717, 1.165) is 36.6 Å². The summed E-state index contributed by atoms with van der Waals surface area (Å²) in [4.78, 5) is 24.1. The number of ketones is 1. The number of hydrogen-bond donors (Lipinski definition) is 0. The van der Waals surface area contributed by atoms with Gasteiger partial charge < -0.3 is 18.8 Å². The summed E-state index contributed by atoms with van der Waals surface area (Å²) in [6.07, 6.45) is 5.28. The van der Waals surface area contributed by atoms with Gasteiger partial charge in [0.2, 0.25) is 0 Å². The standard InChI is InChI=1S/C19H21NO5/c1-23-18(22)17(21)15-12-20(16-5-3-2-4-14(15)16)13-6-8-19(9-7-13)24-10-11-25-19/h2-5,12-13H,6-11H2,1H3. The molecule has 1 aromatic carbocycles. The van der Waals surface area contributed by atoms with Gasteiger partial charge in [0.25, 0.3) is 5.78 Å². The number of ether oxygens (including phenoxy) is 3. The third-order valence-corrected chi connectivity index (χ3v) is 5.28. The molecule has 0 amide bonds. The SMILES string of the molecule is COC(=O)C(=O)c1cn(C2CCC3(CC2)OCCO3)c2ccccc12. The predicted molar refractivity (Wildman–Crippen MR) is 90.4 cm³/mol. The number of Topliss-reactive ketones (excluding diaryl/α,β-unsaturated/α-hetero) is 1.